The molecular weight excluding hydrogens is 242 g/mol. The lowest BCUT2D eigenvalue weighted by Crippen LogP contribution is -2.15. The Bertz CT molecular complexity index is 602. The van der Waals surface area contributed by atoms with E-state index in [2.05, 4.69) is 10.1 Å². The maximum Gasteiger partial charge on any atom is 0.216 e. The van der Waals surface area contributed by atoms with Crippen molar-refractivity contribution < 1.29 is 9.53 Å². The molecule has 0 atom stereocenters. The minimum atomic E-state index is -0.117. The average molecular weight is 259 g/mol. The van der Waals surface area contributed by atoms with Crippen molar-refractivity contribution in [3.05, 3.63) is 41.5 Å². The number of rotatable bonds is 4. The van der Waals surface area contributed by atoms with Crippen LogP contribution >= 0.6 is 0 Å². The second-order valence-electron chi connectivity index (χ2n) is 4.62. The summed E-state index contributed by atoms with van der Waals surface area (Å²) in [5.41, 5.74) is 1.93. The molecule has 0 N–H and O–H groups in total. The van der Waals surface area contributed by atoms with Crippen LogP contribution in [0.5, 0.6) is 5.75 Å². The Balaban J connectivity index is 2.55. The van der Waals surface area contributed by atoms with Gasteiger partial charge < -0.3 is 4.74 Å². The maximum absolute atomic E-state index is 12.7. The number of ether oxygens (including phenoxy) is 1. The molecule has 5 heteroatoms. The Morgan fingerprint density at radius 1 is 1.37 bits per heavy atom. The van der Waals surface area contributed by atoms with Crippen LogP contribution in [0.15, 0.2) is 24.7 Å². The highest BCUT2D eigenvalue weighted by Crippen LogP contribution is 2.24. The first-order valence-electron chi connectivity index (χ1n) is 6.13. The summed E-state index contributed by atoms with van der Waals surface area (Å²) in [6, 6.07) is 1.90. The molecule has 19 heavy (non-hydrogen) atoms. The van der Waals surface area contributed by atoms with E-state index in [1.807, 2.05) is 26.8 Å². The largest absolute Gasteiger partial charge is 0.493 e. The summed E-state index contributed by atoms with van der Waals surface area (Å²) >= 11 is 0. The van der Waals surface area contributed by atoms with E-state index in [0.29, 0.717) is 17.0 Å². The quantitative estimate of drug-likeness (QED) is 0.791. The third-order valence-corrected chi connectivity index (χ3v) is 2.97. The van der Waals surface area contributed by atoms with Gasteiger partial charge in [-0.2, -0.15) is 5.10 Å². The van der Waals surface area contributed by atoms with Gasteiger partial charge in [0.05, 0.1) is 13.3 Å². The van der Waals surface area contributed by atoms with Gasteiger partial charge in [0.15, 0.2) is 11.4 Å². The Morgan fingerprint density at radius 2 is 2.11 bits per heavy atom. The Hall–Kier alpha value is -2.17. The molecule has 0 radical (unpaired) electrons. The highest BCUT2D eigenvalue weighted by Gasteiger charge is 2.23. The minimum Gasteiger partial charge on any atom is -0.493 e. The van der Waals surface area contributed by atoms with Crippen molar-refractivity contribution in [1.29, 1.82) is 0 Å². The van der Waals surface area contributed by atoms with E-state index < -0.39 is 0 Å². The van der Waals surface area contributed by atoms with E-state index in [1.165, 1.54) is 7.11 Å². The topological polar surface area (TPSA) is 57.0 Å². The van der Waals surface area contributed by atoms with Crippen molar-refractivity contribution in [1.82, 2.24) is 14.8 Å². The van der Waals surface area contributed by atoms with Crippen LogP contribution in [0.1, 0.15) is 41.5 Å². The smallest absolute Gasteiger partial charge is 0.216 e. The van der Waals surface area contributed by atoms with E-state index in [1.54, 1.807) is 23.3 Å². The molecule has 0 aliphatic rings. The summed E-state index contributed by atoms with van der Waals surface area (Å²) in [4.78, 5) is 16.7. The van der Waals surface area contributed by atoms with Crippen LogP contribution in [0.3, 0.4) is 0 Å². The molecule has 0 fully saturated rings. The lowest BCUT2D eigenvalue weighted by molar-refractivity contribution is 0.102. The molecule has 0 unspecified atom stereocenters. The van der Waals surface area contributed by atoms with Crippen molar-refractivity contribution in [2.45, 2.75) is 26.8 Å². The Kier molecular flexibility index (Phi) is 3.64. The van der Waals surface area contributed by atoms with Crippen LogP contribution in [0.2, 0.25) is 0 Å². The molecule has 5 nitrogen and oxygen atoms in total. The van der Waals surface area contributed by atoms with Crippen molar-refractivity contribution in [3.8, 4) is 5.75 Å². The Labute approximate surface area is 112 Å². The number of methoxy groups -OCH3 is 1. The van der Waals surface area contributed by atoms with Crippen molar-refractivity contribution >= 4 is 5.78 Å². The van der Waals surface area contributed by atoms with Gasteiger partial charge in [-0.05, 0) is 32.4 Å². The molecule has 0 spiro atoms. The molecule has 0 amide bonds. The summed E-state index contributed by atoms with van der Waals surface area (Å²) in [6.07, 6.45) is 4.82. The predicted molar refractivity (Wildman–Crippen MR) is 71.6 cm³/mol. The fourth-order valence-electron chi connectivity index (χ4n) is 1.93. The number of hydrogen-bond acceptors (Lipinski definition) is 4. The van der Waals surface area contributed by atoms with Gasteiger partial charge in [-0.1, -0.05) is 0 Å². The predicted octanol–water partition coefficient (Wildman–Crippen LogP) is 2.41. The van der Waals surface area contributed by atoms with Crippen LogP contribution in [0.25, 0.3) is 0 Å². The first kappa shape index (κ1) is 13.3. The van der Waals surface area contributed by atoms with Gasteiger partial charge in [-0.15, -0.1) is 0 Å². The fourth-order valence-corrected chi connectivity index (χ4v) is 1.93. The summed E-state index contributed by atoms with van der Waals surface area (Å²) in [7, 11) is 1.54. The molecule has 0 bridgehead atoms. The molecule has 0 aliphatic carbocycles. The van der Waals surface area contributed by atoms with Gasteiger partial charge in [-0.25, -0.2) is 0 Å². The van der Waals surface area contributed by atoms with Crippen LogP contribution in [0.4, 0.5) is 0 Å². The molecule has 2 aromatic rings. The molecule has 2 aromatic heterocycles. The molecule has 0 saturated heterocycles. The van der Waals surface area contributed by atoms with E-state index in [0.717, 1.165) is 5.56 Å². The number of aromatic nitrogens is 3. The molecule has 100 valence electrons. The molecule has 0 aromatic carbocycles. The van der Waals surface area contributed by atoms with Crippen molar-refractivity contribution in [2.24, 2.45) is 0 Å². The molecular formula is C14H17N3O2. The summed E-state index contributed by atoms with van der Waals surface area (Å²) < 4.78 is 6.91. The number of nitrogens with zero attached hydrogens (tertiary/aromatic N) is 3. The normalized spacial score (nSPS) is 10.8. The highest BCUT2D eigenvalue weighted by molar-refractivity contribution is 6.10. The molecule has 0 aliphatic heterocycles. The number of carbonyl (C=O) groups is 1. The zero-order chi connectivity index (χ0) is 14.0. The number of aryl methyl sites for hydroxylation is 1. The van der Waals surface area contributed by atoms with Crippen LogP contribution in [0, 0.1) is 6.92 Å². The van der Waals surface area contributed by atoms with E-state index in [-0.39, 0.29) is 11.8 Å². The third-order valence-electron chi connectivity index (χ3n) is 2.97. The number of ketones is 1. The molecule has 0 saturated carbocycles. The second kappa shape index (κ2) is 5.22. The zero-order valence-corrected chi connectivity index (χ0v) is 11.5. The summed E-state index contributed by atoms with van der Waals surface area (Å²) in [5.74, 6) is 0.371. The van der Waals surface area contributed by atoms with Gasteiger partial charge in [0.2, 0.25) is 5.78 Å². The second-order valence-corrected chi connectivity index (χ2v) is 4.62. The first-order chi connectivity index (χ1) is 9.06. The molecule has 2 heterocycles. The lowest BCUT2D eigenvalue weighted by Gasteiger charge is -2.12. The first-order valence-corrected chi connectivity index (χ1v) is 6.13. The summed E-state index contributed by atoms with van der Waals surface area (Å²) in [5, 5.41) is 4.21. The number of hydrogen-bond donors (Lipinski definition) is 0. The Morgan fingerprint density at radius 3 is 2.68 bits per heavy atom. The van der Waals surface area contributed by atoms with Crippen LogP contribution < -0.4 is 4.74 Å². The van der Waals surface area contributed by atoms with Crippen molar-refractivity contribution in [3.63, 3.8) is 0 Å². The van der Waals surface area contributed by atoms with Gasteiger partial charge in [0.25, 0.3) is 0 Å². The van der Waals surface area contributed by atoms with E-state index in [9.17, 15) is 4.79 Å². The standard InChI is InChI=1S/C14H17N3O2/c1-9(2)17-13(12(19-4)8-16-17)14(18)11-7-15-6-5-10(11)3/h5-9H,1-4H3. The van der Waals surface area contributed by atoms with E-state index in [4.69, 9.17) is 4.74 Å². The summed E-state index contributed by atoms with van der Waals surface area (Å²) in [6.45, 7) is 5.83. The number of carbonyl (C=O) groups excluding carboxylic acids is 1. The highest BCUT2D eigenvalue weighted by atomic mass is 16.5. The zero-order valence-electron chi connectivity index (χ0n) is 11.5. The van der Waals surface area contributed by atoms with Crippen LogP contribution in [-0.2, 0) is 0 Å². The SMILES string of the molecule is COc1cnn(C(C)C)c1C(=O)c1cnccc1C. The third kappa shape index (κ3) is 2.36. The van der Waals surface area contributed by atoms with Gasteiger partial charge in [-0.3, -0.25) is 14.5 Å². The maximum atomic E-state index is 12.7. The van der Waals surface area contributed by atoms with E-state index >= 15 is 0 Å². The van der Waals surface area contributed by atoms with Crippen molar-refractivity contribution in [2.75, 3.05) is 7.11 Å². The van der Waals surface area contributed by atoms with Gasteiger partial charge >= 0.3 is 0 Å². The fraction of sp³-hybridized carbons (Fsp3) is 0.357. The number of pyridine rings is 1. The minimum absolute atomic E-state index is 0.0832. The molecule has 2 rings (SSSR count). The lowest BCUT2D eigenvalue weighted by atomic mass is 10.0. The average Bonchev–Trinajstić information content (AvgIpc) is 2.82. The van der Waals surface area contributed by atoms with Crippen LogP contribution in [-0.4, -0.2) is 27.7 Å². The van der Waals surface area contributed by atoms with Gasteiger partial charge in [0.1, 0.15) is 0 Å². The monoisotopic (exact) mass is 259 g/mol. The van der Waals surface area contributed by atoms with Gasteiger partial charge in [0, 0.05) is 24.0 Å².